The Hall–Kier alpha value is -2.73. The lowest BCUT2D eigenvalue weighted by atomic mass is 9.78. The van der Waals surface area contributed by atoms with Crippen molar-refractivity contribution in [2.45, 2.75) is 57.8 Å². The Kier molecular flexibility index (Phi) is 6.66. The number of fused-ring (bicyclic) bond motifs is 1. The van der Waals surface area contributed by atoms with Crippen LogP contribution in [0.15, 0.2) is 48.5 Å². The van der Waals surface area contributed by atoms with Crippen molar-refractivity contribution in [3.8, 4) is 11.8 Å². The smallest absolute Gasteiger partial charge is 0.195 e. The van der Waals surface area contributed by atoms with E-state index in [4.69, 9.17) is 0 Å². The molecule has 0 heterocycles. The summed E-state index contributed by atoms with van der Waals surface area (Å²) in [6, 6.07) is 14.9. The van der Waals surface area contributed by atoms with E-state index in [1.165, 1.54) is 18.4 Å². The molecule has 1 saturated carbocycles. The Bertz CT molecular complexity index is 1110. The molecule has 0 amide bonds. The SMILES string of the molecule is CCCCc1ccc(C#CC2CCC(c3ccc4c(F)c(F)c(F)cc4c3)CC2)cc1. The third-order valence-corrected chi connectivity index (χ3v) is 6.39. The van der Waals surface area contributed by atoms with Gasteiger partial charge in [0.2, 0.25) is 0 Å². The van der Waals surface area contributed by atoms with E-state index >= 15 is 0 Å². The molecule has 31 heavy (non-hydrogen) atoms. The van der Waals surface area contributed by atoms with Gasteiger partial charge in [-0.05, 0) is 79.2 Å². The van der Waals surface area contributed by atoms with Crippen molar-refractivity contribution in [2.75, 3.05) is 0 Å². The summed E-state index contributed by atoms with van der Waals surface area (Å²) >= 11 is 0. The highest BCUT2D eigenvalue weighted by Crippen LogP contribution is 2.37. The molecule has 4 rings (SSSR count). The first-order valence-electron chi connectivity index (χ1n) is 11.2. The van der Waals surface area contributed by atoms with E-state index < -0.39 is 17.5 Å². The zero-order valence-electron chi connectivity index (χ0n) is 17.9. The maximum Gasteiger partial charge on any atom is 0.195 e. The van der Waals surface area contributed by atoms with Gasteiger partial charge in [0.05, 0.1) is 0 Å². The lowest BCUT2D eigenvalue weighted by molar-refractivity contribution is 0.385. The molecule has 0 aliphatic heterocycles. The van der Waals surface area contributed by atoms with Crippen LogP contribution in [0.5, 0.6) is 0 Å². The molecule has 3 aromatic carbocycles. The first-order chi connectivity index (χ1) is 15.0. The molecule has 0 nitrogen and oxygen atoms in total. The number of halogens is 3. The zero-order valence-corrected chi connectivity index (χ0v) is 17.9. The molecule has 3 heteroatoms. The van der Waals surface area contributed by atoms with Gasteiger partial charge in [-0.1, -0.05) is 55.5 Å². The van der Waals surface area contributed by atoms with E-state index in [0.29, 0.717) is 17.2 Å². The third-order valence-electron chi connectivity index (χ3n) is 6.39. The average molecular weight is 421 g/mol. The predicted octanol–water partition coefficient (Wildman–Crippen LogP) is 7.93. The minimum Gasteiger partial charge on any atom is -0.204 e. The lowest BCUT2D eigenvalue weighted by Gasteiger charge is -2.26. The van der Waals surface area contributed by atoms with Crippen molar-refractivity contribution in [3.63, 3.8) is 0 Å². The van der Waals surface area contributed by atoms with Gasteiger partial charge < -0.3 is 0 Å². The number of aryl methyl sites for hydroxylation is 1. The second-order valence-corrected chi connectivity index (χ2v) is 8.59. The van der Waals surface area contributed by atoms with Crippen LogP contribution in [-0.2, 0) is 6.42 Å². The monoisotopic (exact) mass is 420 g/mol. The molecule has 1 aliphatic rings. The zero-order chi connectivity index (χ0) is 21.8. The van der Waals surface area contributed by atoms with Crippen LogP contribution in [0.1, 0.15) is 68.1 Å². The highest BCUT2D eigenvalue weighted by atomic mass is 19.2. The van der Waals surface area contributed by atoms with E-state index in [9.17, 15) is 13.2 Å². The molecule has 0 unspecified atom stereocenters. The van der Waals surface area contributed by atoms with Gasteiger partial charge in [-0.25, -0.2) is 13.2 Å². The highest BCUT2D eigenvalue weighted by molar-refractivity contribution is 5.84. The van der Waals surface area contributed by atoms with Crippen molar-refractivity contribution >= 4 is 10.8 Å². The van der Waals surface area contributed by atoms with Gasteiger partial charge in [0.25, 0.3) is 0 Å². The number of benzene rings is 3. The van der Waals surface area contributed by atoms with Gasteiger partial charge in [0.15, 0.2) is 17.5 Å². The molecule has 0 spiro atoms. The molecule has 3 aromatic rings. The van der Waals surface area contributed by atoms with Crippen LogP contribution >= 0.6 is 0 Å². The summed E-state index contributed by atoms with van der Waals surface area (Å²) in [6.07, 6.45) is 7.55. The summed E-state index contributed by atoms with van der Waals surface area (Å²) in [6.45, 7) is 2.20. The molecule has 0 atom stereocenters. The van der Waals surface area contributed by atoms with E-state index in [2.05, 4.69) is 43.0 Å². The fourth-order valence-electron chi connectivity index (χ4n) is 4.47. The summed E-state index contributed by atoms with van der Waals surface area (Å²) < 4.78 is 41.0. The molecule has 0 saturated heterocycles. The van der Waals surface area contributed by atoms with Gasteiger partial charge in [-0.15, -0.1) is 0 Å². The average Bonchev–Trinajstić information content (AvgIpc) is 2.80. The highest BCUT2D eigenvalue weighted by Gasteiger charge is 2.22. The minimum absolute atomic E-state index is 0.128. The summed E-state index contributed by atoms with van der Waals surface area (Å²) in [5.41, 5.74) is 3.49. The molecular formula is C28H27F3. The van der Waals surface area contributed by atoms with Crippen LogP contribution < -0.4 is 0 Å². The topological polar surface area (TPSA) is 0 Å². The summed E-state index contributed by atoms with van der Waals surface area (Å²) in [4.78, 5) is 0. The Balaban J connectivity index is 1.39. The number of unbranched alkanes of at least 4 members (excludes halogenated alkanes) is 1. The van der Waals surface area contributed by atoms with Crippen LogP contribution in [-0.4, -0.2) is 0 Å². The van der Waals surface area contributed by atoms with Gasteiger partial charge >= 0.3 is 0 Å². The van der Waals surface area contributed by atoms with Gasteiger partial charge in [0.1, 0.15) is 0 Å². The van der Waals surface area contributed by atoms with Crippen molar-refractivity contribution < 1.29 is 13.2 Å². The van der Waals surface area contributed by atoms with Crippen LogP contribution in [0.25, 0.3) is 10.8 Å². The number of rotatable bonds is 4. The second kappa shape index (κ2) is 9.60. The summed E-state index contributed by atoms with van der Waals surface area (Å²) in [5, 5.41) is 0.543. The van der Waals surface area contributed by atoms with Crippen molar-refractivity contribution in [1.82, 2.24) is 0 Å². The first kappa shape index (κ1) is 21.5. The van der Waals surface area contributed by atoms with Crippen molar-refractivity contribution in [2.24, 2.45) is 5.92 Å². The molecular weight excluding hydrogens is 393 g/mol. The maximum atomic E-state index is 14.0. The fourth-order valence-corrected chi connectivity index (χ4v) is 4.47. The second-order valence-electron chi connectivity index (χ2n) is 8.59. The van der Waals surface area contributed by atoms with Gasteiger partial charge in [-0.2, -0.15) is 0 Å². The van der Waals surface area contributed by atoms with Gasteiger partial charge in [-0.3, -0.25) is 0 Å². The standard InChI is InChI=1S/C28H27F3/c1-2-3-4-19-5-7-20(8-6-19)9-10-21-11-13-22(14-12-21)23-15-16-25-24(17-23)18-26(29)28(31)27(25)30/h5-8,15-18,21-22H,2-4,11-14H2,1H3. The molecule has 1 fully saturated rings. The Morgan fingerprint density at radius 3 is 2.32 bits per heavy atom. The molecule has 0 radical (unpaired) electrons. The van der Waals surface area contributed by atoms with Crippen LogP contribution in [0, 0.1) is 35.2 Å². The van der Waals surface area contributed by atoms with E-state index in [-0.39, 0.29) is 5.39 Å². The molecule has 1 aliphatic carbocycles. The van der Waals surface area contributed by atoms with E-state index in [0.717, 1.165) is 49.3 Å². The lowest BCUT2D eigenvalue weighted by Crippen LogP contribution is -2.12. The summed E-state index contributed by atoms with van der Waals surface area (Å²) in [5.74, 6) is 3.82. The van der Waals surface area contributed by atoms with E-state index in [1.54, 1.807) is 12.1 Å². The quantitative estimate of drug-likeness (QED) is 0.297. The molecule has 0 bridgehead atoms. The normalized spacial score (nSPS) is 18.6. The van der Waals surface area contributed by atoms with Crippen LogP contribution in [0.3, 0.4) is 0 Å². The third kappa shape index (κ3) is 4.96. The first-order valence-corrected chi connectivity index (χ1v) is 11.2. The van der Waals surface area contributed by atoms with E-state index in [1.807, 2.05) is 6.07 Å². The molecule has 0 N–H and O–H groups in total. The van der Waals surface area contributed by atoms with Crippen LogP contribution in [0.4, 0.5) is 13.2 Å². The summed E-state index contributed by atoms with van der Waals surface area (Å²) in [7, 11) is 0. The molecule has 0 aromatic heterocycles. The molecule has 160 valence electrons. The largest absolute Gasteiger partial charge is 0.204 e. The fraction of sp³-hybridized carbons (Fsp3) is 0.357. The number of hydrogen-bond donors (Lipinski definition) is 0. The van der Waals surface area contributed by atoms with Gasteiger partial charge in [0, 0.05) is 16.9 Å². The minimum atomic E-state index is -1.41. The van der Waals surface area contributed by atoms with Crippen LogP contribution in [0.2, 0.25) is 0 Å². The Morgan fingerprint density at radius 1 is 0.871 bits per heavy atom. The number of hydrogen-bond acceptors (Lipinski definition) is 0. The van der Waals surface area contributed by atoms with Crippen molar-refractivity contribution in [1.29, 1.82) is 0 Å². The maximum absolute atomic E-state index is 14.0. The predicted molar refractivity (Wildman–Crippen MR) is 120 cm³/mol. The van der Waals surface area contributed by atoms with Crippen molar-refractivity contribution in [3.05, 3.63) is 82.7 Å². The Morgan fingerprint density at radius 2 is 1.61 bits per heavy atom. The Labute approximate surface area is 182 Å².